The zero-order valence-corrected chi connectivity index (χ0v) is 13.4. The Labute approximate surface area is 140 Å². The summed E-state index contributed by atoms with van der Waals surface area (Å²) in [5.74, 6) is 0.289. The first-order valence-corrected chi connectivity index (χ1v) is 7.71. The Balaban J connectivity index is 1.84. The third kappa shape index (κ3) is 2.06. The first-order valence-electron chi connectivity index (χ1n) is 7.71. The molecule has 0 aromatic heterocycles. The van der Waals surface area contributed by atoms with Gasteiger partial charge >= 0.3 is 0 Å². The first kappa shape index (κ1) is 14.7. The van der Waals surface area contributed by atoms with Gasteiger partial charge in [-0.25, -0.2) is 10.1 Å². The van der Waals surface area contributed by atoms with Gasteiger partial charge in [-0.2, -0.15) is 0 Å². The summed E-state index contributed by atoms with van der Waals surface area (Å²) < 4.78 is 0. The molecule has 120 valence electrons. The van der Waals surface area contributed by atoms with Crippen molar-refractivity contribution in [2.45, 2.75) is 13.8 Å². The molecule has 0 saturated heterocycles. The average molecular weight is 319 g/mol. The van der Waals surface area contributed by atoms with Gasteiger partial charge in [-0.3, -0.25) is 15.4 Å². The van der Waals surface area contributed by atoms with Crippen LogP contribution in [0, 0.1) is 6.92 Å². The number of hydroxylamine groups is 4. The van der Waals surface area contributed by atoms with Gasteiger partial charge in [0.15, 0.2) is 5.82 Å². The highest BCUT2D eigenvalue weighted by atomic mass is 16.6. The number of fused-ring (bicyclic) bond motifs is 1. The summed E-state index contributed by atoms with van der Waals surface area (Å²) >= 11 is 0. The van der Waals surface area contributed by atoms with Crippen LogP contribution in [0.5, 0.6) is 0 Å². The molecule has 0 fully saturated rings. The number of rotatable bonds is 1. The Morgan fingerprint density at radius 3 is 2.33 bits per heavy atom. The highest BCUT2D eigenvalue weighted by molar-refractivity contribution is 6.17. The summed E-state index contributed by atoms with van der Waals surface area (Å²) in [5.41, 5.74) is 5.46. The van der Waals surface area contributed by atoms with Crippen LogP contribution in [-0.2, 0) is 0 Å². The minimum atomic E-state index is 0.289. The van der Waals surface area contributed by atoms with E-state index >= 15 is 0 Å². The number of para-hydroxylation sites is 1. The van der Waals surface area contributed by atoms with E-state index in [0.717, 1.165) is 32.5 Å². The zero-order chi connectivity index (χ0) is 16.8. The highest BCUT2D eigenvalue weighted by Crippen LogP contribution is 2.41. The molecule has 0 spiro atoms. The maximum Gasteiger partial charge on any atom is 0.172 e. The lowest BCUT2D eigenvalue weighted by Gasteiger charge is -2.19. The second kappa shape index (κ2) is 5.33. The maximum atomic E-state index is 10.8. The molecule has 5 nitrogen and oxygen atoms in total. The molecule has 2 N–H and O–H groups in total. The molecule has 5 heteroatoms. The van der Waals surface area contributed by atoms with E-state index in [-0.39, 0.29) is 5.82 Å². The van der Waals surface area contributed by atoms with Crippen LogP contribution in [0.2, 0.25) is 0 Å². The lowest BCUT2D eigenvalue weighted by Crippen LogP contribution is -2.21. The number of aryl methyl sites for hydroxylation is 1. The topological polar surface area (TPSA) is 59.3 Å². The molecule has 24 heavy (non-hydrogen) atoms. The van der Waals surface area contributed by atoms with Gasteiger partial charge in [0.1, 0.15) is 5.70 Å². The minimum Gasteiger partial charge on any atom is -0.282 e. The third-order valence-corrected chi connectivity index (χ3v) is 4.37. The van der Waals surface area contributed by atoms with Crippen molar-refractivity contribution < 1.29 is 10.4 Å². The molecule has 0 unspecified atom stereocenters. The number of hydrogen-bond donors (Lipinski definition) is 2. The summed E-state index contributed by atoms with van der Waals surface area (Å²) in [5, 5.41) is 23.4. The van der Waals surface area contributed by atoms with Crippen LogP contribution in [0.3, 0.4) is 0 Å². The van der Waals surface area contributed by atoms with Gasteiger partial charge in [-0.1, -0.05) is 48.0 Å². The Kier molecular flexibility index (Phi) is 3.26. The van der Waals surface area contributed by atoms with Crippen molar-refractivity contribution in [2.24, 2.45) is 4.99 Å². The Morgan fingerprint density at radius 1 is 0.875 bits per heavy atom. The molecule has 0 saturated carbocycles. The first-order chi connectivity index (χ1) is 11.6. The van der Waals surface area contributed by atoms with Crippen LogP contribution in [-0.4, -0.2) is 26.8 Å². The predicted octanol–water partition coefficient (Wildman–Crippen LogP) is 4.16. The van der Waals surface area contributed by atoms with E-state index in [2.05, 4.69) is 4.99 Å². The second-order valence-electron chi connectivity index (χ2n) is 5.94. The molecule has 0 aliphatic carbocycles. The molecule has 2 aliphatic heterocycles. The van der Waals surface area contributed by atoms with Gasteiger partial charge in [0.25, 0.3) is 0 Å². The molecule has 2 aromatic carbocycles. The molecule has 2 aromatic rings. The van der Waals surface area contributed by atoms with Crippen LogP contribution in [0.25, 0.3) is 11.3 Å². The van der Waals surface area contributed by atoms with Crippen molar-refractivity contribution in [2.75, 3.05) is 0 Å². The largest absolute Gasteiger partial charge is 0.282 e. The van der Waals surface area contributed by atoms with E-state index in [1.807, 2.05) is 55.5 Å². The summed E-state index contributed by atoms with van der Waals surface area (Å²) in [6.07, 6.45) is 1.66. The van der Waals surface area contributed by atoms with E-state index in [1.54, 1.807) is 13.1 Å². The van der Waals surface area contributed by atoms with E-state index in [0.29, 0.717) is 17.0 Å². The van der Waals surface area contributed by atoms with E-state index in [4.69, 9.17) is 0 Å². The quantitative estimate of drug-likeness (QED) is 0.828. The molecule has 0 bridgehead atoms. The molecular weight excluding hydrogens is 302 g/mol. The smallest absolute Gasteiger partial charge is 0.172 e. The highest BCUT2D eigenvalue weighted by Gasteiger charge is 2.35. The van der Waals surface area contributed by atoms with Gasteiger partial charge in [0.2, 0.25) is 0 Å². The Hall–Kier alpha value is -2.89. The molecule has 0 radical (unpaired) electrons. The van der Waals surface area contributed by atoms with Crippen molar-refractivity contribution in [3.05, 3.63) is 76.7 Å². The summed E-state index contributed by atoms with van der Waals surface area (Å²) in [6, 6.07) is 15.4. The molecule has 0 atom stereocenters. The summed E-state index contributed by atoms with van der Waals surface area (Å²) in [4.78, 5) is 4.35. The molecular formula is C19H17N3O2. The van der Waals surface area contributed by atoms with E-state index in [9.17, 15) is 10.4 Å². The van der Waals surface area contributed by atoms with Crippen LogP contribution in [0.1, 0.15) is 23.6 Å². The lowest BCUT2D eigenvalue weighted by atomic mass is 10.1. The molecule has 4 rings (SSSR count). The van der Waals surface area contributed by atoms with Crippen LogP contribution < -0.4 is 0 Å². The van der Waals surface area contributed by atoms with Crippen molar-refractivity contribution in [3.8, 4) is 0 Å². The van der Waals surface area contributed by atoms with Crippen molar-refractivity contribution >= 4 is 23.2 Å². The number of hydrogen-bond acceptors (Lipinski definition) is 5. The van der Waals surface area contributed by atoms with Crippen LogP contribution in [0.15, 0.2) is 65.0 Å². The van der Waals surface area contributed by atoms with Crippen molar-refractivity contribution in [1.29, 1.82) is 0 Å². The SMILES string of the molecule is CC1=C(c2ccc(C)cc2)N(O)C(=C2C=Nc3ccccc32)N1O. The monoisotopic (exact) mass is 319 g/mol. The molecule has 2 heterocycles. The van der Waals surface area contributed by atoms with Gasteiger partial charge < -0.3 is 0 Å². The third-order valence-electron chi connectivity index (χ3n) is 4.37. The normalized spacial score (nSPS) is 19.5. The number of allylic oxidation sites excluding steroid dienone is 2. The average Bonchev–Trinajstić information content (AvgIpc) is 3.09. The summed E-state index contributed by atoms with van der Waals surface area (Å²) in [6.45, 7) is 3.78. The van der Waals surface area contributed by atoms with Gasteiger partial charge in [0, 0.05) is 22.9 Å². The van der Waals surface area contributed by atoms with Crippen LogP contribution >= 0.6 is 0 Å². The maximum absolute atomic E-state index is 10.8. The lowest BCUT2D eigenvalue weighted by molar-refractivity contribution is -0.0796. The second-order valence-corrected chi connectivity index (χ2v) is 5.94. The van der Waals surface area contributed by atoms with Gasteiger partial charge in [0.05, 0.1) is 11.4 Å². The fraction of sp³-hybridized carbons (Fsp3) is 0.105. The van der Waals surface area contributed by atoms with E-state index < -0.39 is 0 Å². The molecule has 2 aliphatic rings. The fourth-order valence-corrected chi connectivity index (χ4v) is 3.07. The molecule has 0 amide bonds. The Morgan fingerprint density at radius 2 is 1.58 bits per heavy atom. The van der Waals surface area contributed by atoms with Crippen LogP contribution in [0.4, 0.5) is 5.69 Å². The van der Waals surface area contributed by atoms with Gasteiger partial charge in [-0.05, 0) is 19.9 Å². The minimum absolute atomic E-state index is 0.289. The van der Waals surface area contributed by atoms with E-state index in [1.165, 1.54) is 0 Å². The number of benzene rings is 2. The zero-order valence-electron chi connectivity index (χ0n) is 13.4. The predicted molar refractivity (Wildman–Crippen MR) is 92.5 cm³/mol. The fourth-order valence-electron chi connectivity index (χ4n) is 3.07. The van der Waals surface area contributed by atoms with Crippen molar-refractivity contribution in [3.63, 3.8) is 0 Å². The standard InChI is InChI=1S/C19H17N3O2/c1-12-7-9-14(10-8-12)18-13(2)21(23)19(22(18)24)16-11-20-17-6-4-3-5-15(16)17/h3-11,23-24H,1-2H3. The Bertz CT molecular complexity index is 910. The number of nitrogens with zero attached hydrogens (tertiary/aromatic N) is 3. The summed E-state index contributed by atoms with van der Waals surface area (Å²) in [7, 11) is 0. The van der Waals surface area contributed by atoms with Gasteiger partial charge in [-0.15, -0.1) is 0 Å². The number of aliphatic imine (C=N–C) groups is 1. The van der Waals surface area contributed by atoms with Crippen molar-refractivity contribution in [1.82, 2.24) is 10.1 Å².